The Bertz CT molecular complexity index is 157. The van der Waals surface area contributed by atoms with Crippen molar-refractivity contribution in [1.82, 2.24) is 5.48 Å². The number of carbonyl (C=O) groups is 2. The quantitative estimate of drug-likeness (QED) is 0.401. The van der Waals surface area contributed by atoms with Crippen LogP contribution in [0.2, 0.25) is 0 Å². The molecule has 0 rings (SSSR count). The highest BCUT2D eigenvalue weighted by Crippen LogP contribution is 1.97. The molecule has 11 heavy (non-hydrogen) atoms. The van der Waals surface area contributed by atoms with Crippen molar-refractivity contribution < 1.29 is 24.6 Å². The van der Waals surface area contributed by atoms with Crippen molar-refractivity contribution in [3.05, 3.63) is 0 Å². The van der Waals surface area contributed by atoms with E-state index < -0.39 is 18.2 Å². The second kappa shape index (κ2) is 4.51. The van der Waals surface area contributed by atoms with E-state index in [0.29, 0.717) is 0 Å². The molecule has 6 nitrogen and oxygen atoms in total. The average Bonchev–Trinajstić information content (AvgIpc) is 1.99. The largest absolute Gasteiger partial charge is 0.479 e. The minimum atomic E-state index is -1.24. The third kappa shape index (κ3) is 3.41. The Kier molecular flexibility index (Phi) is 3.97. The number of carboxylic acids is 1. The van der Waals surface area contributed by atoms with Crippen molar-refractivity contribution in [3.8, 4) is 0 Å². The molecule has 0 aliphatic carbocycles. The zero-order valence-corrected chi connectivity index (χ0v) is 5.90. The molecule has 0 radical (unpaired) electrons. The van der Waals surface area contributed by atoms with Gasteiger partial charge in [-0.2, -0.15) is 0 Å². The van der Waals surface area contributed by atoms with Gasteiger partial charge in [0.25, 0.3) is 0 Å². The molecule has 64 valence electrons. The van der Waals surface area contributed by atoms with Crippen LogP contribution in [0.15, 0.2) is 0 Å². The number of carboxylic acid groups (broad SMARTS) is 1. The Morgan fingerprint density at radius 2 is 2.18 bits per heavy atom. The van der Waals surface area contributed by atoms with Gasteiger partial charge in [0.15, 0.2) is 6.10 Å². The van der Waals surface area contributed by atoms with Gasteiger partial charge in [-0.05, 0) is 6.42 Å². The molecule has 0 heterocycles. The molecular formula is C5H9NO5. The topological polar surface area (TPSA) is 95.9 Å². The third-order valence-corrected chi connectivity index (χ3v) is 0.987. The molecule has 0 bridgehead atoms. The molecule has 1 amide bonds. The van der Waals surface area contributed by atoms with Crippen LogP contribution in [-0.4, -0.2) is 28.5 Å². The van der Waals surface area contributed by atoms with Crippen LogP contribution in [-0.2, 0) is 9.53 Å². The molecule has 0 saturated carbocycles. The summed E-state index contributed by atoms with van der Waals surface area (Å²) < 4.78 is 4.21. The van der Waals surface area contributed by atoms with Crippen LogP contribution in [0.1, 0.15) is 13.3 Å². The monoisotopic (exact) mass is 163 g/mol. The summed E-state index contributed by atoms with van der Waals surface area (Å²) in [6.07, 6.45) is -2.22. The van der Waals surface area contributed by atoms with E-state index in [-0.39, 0.29) is 6.42 Å². The van der Waals surface area contributed by atoms with E-state index in [1.165, 1.54) is 0 Å². The summed E-state index contributed by atoms with van der Waals surface area (Å²) in [6.45, 7) is 1.55. The molecule has 3 N–H and O–H groups in total. The molecule has 0 spiro atoms. The van der Waals surface area contributed by atoms with Gasteiger partial charge in [-0.3, -0.25) is 5.21 Å². The van der Waals surface area contributed by atoms with Crippen LogP contribution in [0.25, 0.3) is 0 Å². The van der Waals surface area contributed by atoms with Gasteiger partial charge in [0.2, 0.25) is 0 Å². The predicted octanol–water partition coefficient (Wildman–Crippen LogP) is -0.0350. The van der Waals surface area contributed by atoms with Crippen molar-refractivity contribution in [1.29, 1.82) is 0 Å². The lowest BCUT2D eigenvalue weighted by Crippen LogP contribution is -2.31. The Hall–Kier alpha value is -1.30. The Labute approximate surface area is 62.7 Å². The van der Waals surface area contributed by atoms with E-state index in [4.69, 9.17) is 10.3 Å². The van der Waals surface area contributed by atoms with Gasteiger partial charge in [-0.15, -0.1) is 0 Å². The first-order valence-electron chi connectivity index (χ1n) is 2.95. The Balaban J connectivity index is 3.88. The lowest BCUT2D eigenvalue weighted by Gasteiger charge is -2.09. The number of hydrogen-bond donors (Lipinski definition) is 3. The smallest absolute Gasteiger partial charge is 0.431 e. The lowest BCUT2D eigenvalue weighted by molar-refractivity contribution is -0.147. The van der Waals surface area contributed by atoms with Crippen molar-refractivity contribution >= 4 is 12.1 Å². The van der Waals surface area contributed by atoms with Crippen molar-refractivity contribution in [2.75, 3.05) is 0 Å². The summed E-state index contributed by atoms with van der Waals surface area (Å²) in [5.74, 6) is -1.24. The van der Waals surface area contributed by atoms with E-state index >= 15 is 0 Å². The number of ether oxygens (including phenoxy) is 1. The lowest BCUT2D eigenvalue weighted by atomic mass is 10.3. The predicted molar refractivity (Wildman–Crippen MR) is 33.1 cm³/mol. The fourth-order valence-electron chi connectivity index (χ4n) is 0.464. The number of amides is 1. The van der Waals surface area contributed by atoms with E-state index in [1.807, 2.05) is 0 Å². The van der Waals surface area contributed by atoms with Gasteiger partial charge in [0.1, 0.15) is 0 Å². The van der Waals surface area contributed by atoms with E-state index in [9.17, 15) is 9.59 Å². The van der Waals surface area contributed by atoms with Crippen LogP contribution < -0.4 is 5.48 Å². The van der Waals surface area contributed by atoms with Crippen LogP contribution in [0, 0.1) is 0 Å². The van der Waals surface area contributed by atoms with Crippen molar-refractivity contribution in [2.45, 2.75) is 19.4 Å². The molecule has 0 aliphatic heterocycles. The molecular weight excluding hydrogens is 154 g/mol. The minimum Gasteiger partial charge on any atom is -0.479 e. The number of carbonyl (C=O) groups excluding carboxylic acids is 1. The van der Waals surface area contributed by atoms with E-state index in [2.05, 4.69) is 4.74 Å². The first-order chi connectivity index (χ1) is 5.11. The molecule has 0 saturated heterocycles. The number of hydroxylamine groups is 1. The van der Waals surface area contributed by atoms with Gasteiger partial charge in [-0.25, -0.2) is 15.1 Å². The summed E-state index contributed by atoms with van der Waals surface area (Å²) in [5.41, 5.74) is 1.16. The fraction of sp³-hybridized carbons (Fsp3) is 0.600. The standard InChI is InChI=1S/C5H9NO5/c1-2-3(4(7)8)11-5(9)6-10/h3,10H,2H2,1H3,(H,6,9)(H,7,8). The zero-order valence-electron chi connectivity index (χ0n) is 5.90. The van der Waals surface area contributed by atoms with Crippen LogP contribution >= 0.6 is 0 Å². The van der Waals surface area contributed by atoms with Gasteiger partial charge < -0.3 is 9.84 Å². The summed E-state index contributed by atoms with van der Waals surface area (Å²) in [7, 11) is 0. The zero-order chi connectivity index (χ0) is 8.85. The van der Waals surface area contributed by atoms with Gasteiger partial charge in [0, 0.05) is 0 Å². The number of rotatable bonds is 3. The van der Waals surface area contributed by atoms with Crippen molar-refractivity contribution in [3.63, 3.8) is 0 Å². The summed E-state index contributed by atoms with van der Waals surface area (Å²) in [6, 6.07) is 0. The first kappa shape index (κ1) is 9.70. The highest BCUT2D eigenvalue weighted by Gasteiger charge is 2.18. The number of hydrogen-bond acceptors (Lipinski definition) is 4. The molecule has 1 atom stereocenters. The second-order valence-corrected chi connectivity index (χ2v) is 1.75. The van der Waals surface area contributed by atoms with E-state index in [0.717, 1.165) is 5.48 Å². The normalized spacial score (nSPS) is 11.8. The summed E-state index contributed by atoms with van der Waals surface area (Å²) >= 11 is 0. The number of aliphatic carboxylic acids is 1. The summed E-state index contributed by atoms with van der Waals surface area (Å²) in [4.78, 5) is 20.4. The van der Waals surface area contributed by atoms with Gasteiger partial charge >= 0.3 is 12.1 Å². The van der Waals surface area contributed by atoms with Gasteiger partial charge in [-0.1, -0.05) is 6.92 Å². The highest BCUT2D eigenvalue weighted by atomic mass is 16.6. The van der Waals surface area contributed by atoms with Crippen LogP contribution in [0.3, 0.4) is 0 Å². The van der Waals surface area contributed by atoms with Crippen molar-refractivity contribution in [2.24, 2.45) is 0 Å². The summed E-state index contributed by atoms with van der Waals surface area (Å²) in [5, 5.41) is 16.3. The molecule has 0 aliphatic rings. The Morgan fingerprint density at radius 1 is 1.64 bits per heavy atom. The maximum atomic E-state index is 10.2. The third-order valence-electron chi connectivity index (χ3n) is 0.987. The SMILES string of the molecule is CCC(OC(=O)NO)C(=O)O. The van der Waals surface area contributed by atoms with Gasteiger partial charge in [0.05, 0.1) is 0 Å². The minimum absolute atomic E-state index is 0.156. The molecule has 0 aromatic rings. The van der Waals surface area contributed by atoms with Crippen LogP contribution in [0.5, 0.6) is 0 Å². The van der Waals surface area contributed by atoms with E-state index in [1.54, 1.807) is 6.92 Å². The molecule has 6 heteroatoms. The second-order valence-electron chi connectivity index (χ2n) is 1.75. The molecule has 0 aromatic heterocycles. The molecule has 0 fully saturated rings. The number of nitrogens with one attached hydrogen (secondary N) is 1. The fourth-order valence-corrected chi connectivity index (χ4v) is 0.464. The highest BCUT2D eigenvalue weighted by molar-refractivity contribution is 5.76. The average molecular weight is 163 g/mol. The molecule has 1 unspecified atom stereocenters. The molecule has 0 aromatic carbocycles. The first-order valence-corrected chi connectivity index (χ1v) is 2.95. The maximum absolute atomic E-state index is 10.2. The maximum Gasteiger partial charge on any atom is 0.431 e. The van der Waals surface area contributed by atoms with Crippen LogP contribution in [0.4, 0.5) is 4.79 Å². The Morgan fingerprint density at radius 3 is 2.45 bits per heavy atom.